The lowest BCUT2D eigenvalue weighted by Crippen LogP contribution is -2.56. The first-order valence-electron chi connectivity index (χ1n) is 12.3. The molecule has 0 aromatic heterocycles. The molecule has 36 heavy (non-hydrogen) atoms. The van der Waals surface area contributed by atoms with Crippen molar-refractivity contribution in [3.8, 4) is 12.3 Å². The highest BCUT2D eigenvalue weighted by Gasteiger charge is 2.39. The van der Waals surface area contributed by atoms with Crippen molar-refractivity contribution in [3.05, 3.63) is 35.4 Å². The van der Waals surface area contributed by atoms with Crippen molar-refractivity contribution >= 4 is 23.8 Å². The number of terminal acetylenes is 1. The van der Waals surface area contributed by atoms with Crippen molar-refractivity contribution in [1.82, 2.24) is 15.5 Å². The van der Waals surface area contributed by atoms with E-state index in [9.17, 15) is 19.2 Å². The molecule has 0 saturated heterocycles. The molecule has 4 N–H and O–H groups in total. The number of carbonyl (C=O) groups is 4. The third kappa shape index (κ3) is 9.61. The van der Waals surface area contributed by atoms with Gasteiger partial charge in [-0.15, -0.1) is 6.42 Å². The molecule has 3 unspecified atom stereocenters. The van der Waals surface area contributed by atoms with E-state index in [0.29, 0.717) is 24.1 Å². The molecule has 4 amide bonds. The highest BCUT2D eigenvalue weighted by molar-refractivity contribution is 5.94. The number of hydrogen-bond acceptors (Lipinski definition) is 5. The smallest absolute Gasteiger partial charge is 0.408 e. The molecule has 0 aliphatic heterocycles. The number of unbranched alkanes of at least 4 members (excludes halogenated alkanes) is 1. The second-order valence-corrected chi connectivity index (χ2v) is 9.69. The minimum atomic E-state index is -1.32. The van der Waals surface area contributed by atoms with Crippen LogP contribution in [0.15, 0.2) is 24.3 Å². The van der Waals surface area contributed by atoms with Crippen molar-refractivity contribution < 1.29 is 23.9 Å². The average molecular weight is 501 g/mol. The summed E-state index contributed by atoms with van der Waals surface area (Å²) in [7, 11) is 0. The lowest BCUT2D eigenvalue weighted by molar-refractivity contribution is -0.145. The molecule has 0 radical (unpaired) electrons. The number of rotatable bonds is 12. The molecule has 1 aromatic rings. The van der Waals surface area contributed by atoms with Crippen molar-refractivity contribution in [2.24, 2.45) is 5.73 Å². The van der Waals surface area contributed by atoms with Crippen LogP contribution in [0, 0.1) is 12.3 Å². The summed E-state index contributed by atoms with van der Waals surface area (Å²) in [6.07, 6.45) is 6.34. The normalized spacial score (nSPS) is 13.5. The maximum absolute atomic E-state index is 13.9. The van der Waals surface area contributed by atoms with Gasteiger partial charge in [0.2, 0.25) is 17.7 Å². The summed E-state index contributed by atoms with van der Waals surface area (Å²) >= 11 is 0. The topological polar surface area (TPSA) is 131 Å². The van der Waals surface area contributed by atoms with Crippen LogP contribution in [0.3, 0.4) is 0 Å². The summed E-state index contributed by atoms with van der Waals surface area (Å²) in [5.74, 6) is 0.760. The zero-order chi connectivity index (χ0) is 27.5. The fraction of sp³-hybridized carbons (Fsp3) is 0.556. The van der Waals surface area contributed by atoms with Gasteiger partial charge in [-0.25, -0.2) is 4.79 Å². The summed E-state index contributed by atoms with van der Waals surface area (Å²) < 4.78 is 5.28. The van der Waals surface area contributed by atoms with Gasteiger partial charge >= 0.3 is 6.09 Å². The SMILES string of the molecule is C#Cc1ccc(C(C(=O)NCCCC)N(C(=O)C(CC(N)=O)NC(=O)OC(C)(C)C)C(C)CC)cc1. The average Bonchev–Trinajstić information content (AvgIpc) is 2.79. The number of primary amides is 1. The molecule has 198 valence electrons. The first-order chi connectivity index (χ1) is 16.8. The first-order valence-corrected chi connectivity index (χ1v) is 12.3. The van der Waals surface area contributed by atoms with Gasteiger partial charge in [-0.3, -0.25) is 14.4 Å². The van der Waals surface area contributed by atoms with Crippen LogP contribution in [0.4, 0.5) is 4.79 Å². The van der Waals surface area contributed by atoms with Crippen molar-refractivity contribution in [2.45, 2.75) is 91.0 Å². The second kappa shape index (κ2) is 14.1. The Kier molecular flexibility index (Phi) is 12.0. The van der Waals surface area contributed by atoms with E-state index < -0.39 is 48.1 Å². The summed E-state index contributed by atoms with van der Waals surface area (Å²) in [5.41, 5.74) is 5.76. The lowest BCUT2D eigenvalue weighted by Gasteiger charge is -2.38. The van der Waals surface area contributed by atoms with Crippen LogP contribution in [0.2, 0.25) is 0 Å². The fourth-order valence-electron chi connectivity index (χ4n) is 3.51. The molecule has 0 heterocycles. The predicted octanol–water partition coefficient (Wildman–Crippen LogP) is 3.02. The Hall–Kier alpha value is -3.54. The van der Waals surface area contributed by atoms with Gasteiger partial charge in [0, 0.05) is 18.2 Å². The van der Waals surface area contributed by atoms with Crippen LogP contribution in [-0.4, -0.2) is 52.9 Å². The number of nitrogens with zero attached hydrogens (tertiary/aromatic N) is 1. The van der Waals surface area contributed by atoms with Gasteiger partial charge in [-0.2, -0.15) is 0 Å². The Morgan fingerprint density at radius 2 is 1.75 bits per heavy atom. The minimum Gasteiger partial charge on any atom is -0.444 e. The number of ether oxygens (including phenoxy) is 1. The van der Waals surface area contributed by atoms with Gasteiger partial charge in [-0.1, -0.05) is 38.3 Å². The van der Waals surface area contributed by atoms with Crippen LogP contribution in [0.1, 0.15) is 84.4 Å². The number of benzene rings is 1. The van der Waals surface area contributed by atoms with Gasteiger partial charge in [0.1, 0.15) is 17.7 Å². The van der Waals surface area contributed by atoms with Crippen LogP contribution in [0.5, 0.6) is 0 Å². The van der Waals surface area contributed by atoms with Gasteiger partial charge in [0.15, 0.2) is 0 Å². The third-order valence-electron chi connectivity index (χ3n) is 5.46. The van der Waals surface area contributed by atoms with E-state index in [4.69, 9.17) is 16.9 Å². The molecule has 0 aliphatic carbocycles. The zero-order valence-electron chi connectivity index (χ0n) is 22.2. The quantitative estimate of drug-likeness (QED) is 0.300. The Balaban J connectivity index is 3.51. The molecular formula is C27H40N4O5. The summed E-state index contributed by atoms with van der Waals surface area (Å²) in [6.45, 7) is 11.2. The highest BCUT2D eigenvalue weighted by Crippen LogP contribution is 2.27. The Bertz CT molecular complexity index is 946. The number of amides is 4. The van der Waals surface area contributed by atoms with E-state index in [1.807, 2.05) is 13.8 Å². The molecule has 0 saturated carbocycles. The number of carbonyl (C=O) groups excluding carboxylic acids is 4. The predicted molar refractivity (Wildman–Crippen MR) is 139 cm³/mol. The zero-order valence-corrected chi connectivity index (χ0v) is 22.2. The van der Waals surface area contributed by atoms with Gasteiger partial charge < -0.3 is 26.0 Å². The van der Waals surface area contributed by atoms with Gasteiger partial charge in [-0.05, 0) is 58.2 Å². The molecule has 0 spiro atoms. The monoisotopic (exact) mass is 500 g/mol. The lowest BCUT2D eigenvalue weighted by atomic mass is 9.98. The van der Waals surface area contributed by atoms with Crippen molar-refractivity contribution in [3.63, 3.8) is 0 Å². The molecule has 0 bridgehead atoms. The first kappa shape index (κ1) is 30.5. The molecule has 1 rings (SSSR count). The van der Waals surface area contributed by atoms with Crippen molar-refractivity contribution in [2.75, 3.05) is 6.54 Å². The molecule has 0 fully saturated rings. The highest BCUT2D eigenvalue weighted by atomic mass is 16.6. The molecule has 9 nitrogen and oxygen atoms in total. The van der Waals surface area contributed by atoms with Crippen LogP contribution < -0.4 is 16.4 Å². The molecule has 3 atom stereocenters. The van der Waals surface area contributed by atoms with Crippen LogP contribution in [-0.2, 0) is 19.1 Å². The van der Waals surface area contributed by atoms with E-state index >= 15 is 0 Å². The second-order valence-electron chi connectivity index (χ2n) is 9.69. The Morgan fingerprint density at radius 3 is 2.22 bits per heavy atom. The summed E-state index contributed by atoms with van der Waals surface area (Å²) in [5, 5.41) is 5.37. The maximum atomic E-state index is 13.9. The largest absolute Gasteiger partial charge is 0.444 e. The van der Waals surface area contributed by atoms with Crippen molar-refractivity contribution in [1.29, 1.82) is 0 Å². The van der Waals surface area contributed by atoms with E-state index in [1.54, 1.807) is 52.0 Å². The van der Waals surface area contributed by atoms with E-state index in [2.05, 4.69) is 16.6 Å². The summed E-state index contributed by atoms with van der Waals surface area (Å²) in [4.78, 5) is 53.0. The molecule has 1 aromatic carbocycles. The van der Waals surface area contributed by atoms with Gasteiger partial charge in [0.05, 0.1) is 6.42 Å². The third-order valence-corrected chi connectivity index (χ3v) is 5.46. The van der Waals surface area contributed by atoms with Crippen LogP contribution >= 0.6 is 0 Å². The Morgan fingerprint density at radius 1 is 1.14 bits per heavy atom. The number of nitrogens with two attached hydrogens (primary N) is 1. The molecular weight excluding hydrogens is 460 g/mol. The van der Waals surface area contributed by atoms with E-state index in [1.165, 1.54) is 4.90 Å². The van der Waals surface area contributed by atoms with Gasteiger partial charge in [0.25, 0.3) is 0 Å². The number of nitrogens with one attached hydrogen (secondary N) is 2. The molecule has 0 aliphatic rings. The number of hydrogen-bond donors (Lipinski definition) is 3. The number of alkyl carbamates (subject to hydrolysis) is 1. The van der Waals surface area contributed by atoms with E-state index in [-0.39, 0.29) is 5.91 Å². The minimum absolute atomic E-state index is 0.374. The summed E-state index contributed by atoms with van der Waals surface area (Å²) in [6, 6.07) is 4.04. The Labute approximate surface area is 214 Å². The maximum Gasteiger partial charge on any atom is 0.408 e. The standard InChI is InChI=1S/C27H40N4O5/c1-8-11-16-29-24(33)23(20-14-12-19(10-3)13-15-20)31(18(4)9-2)25(34)21(17-22(28)32)30-26(35)36-27(5,6)7/h3,12-15,18,21,23H,8-9,11,16-17H2,1-2,4-7H3,(H2,28,32)(H,29,33)(H,30,35). The van der Waals surface area contributed by atoms with Crippen LogP contribution in [0.25, 0.3) is 0 Å². The molecule has 9 heteroatoms. The van der Waals surface area contributed by atoms with E-state index in [0.717, 1.165) is 12.8 Å². The fourth-order valence-corrected chi connectivity index (χ4v) is 3.51.